The summed E-state index contributed by atoms with van der Waals surface area (Å²) in [5.74, 6) is 3.14. The van der Waals surface area contributed by atoms with E-state index in [1.807, 2.05) is 7.11 Å². The minimum absolute atomic E-state index is 0.302. The average Bonchev–Trinajstić information content (AvgIpc) is 2.36. The van der Waals surface area contributed by atoms with Crippen LogP contribution in [-0.2, 0) is 4.74 Å². The van der Waals surface area contributed by atoms with Crippen molar-refractivity contribution in [2.45, 2.75) is 77.5 Å². The lowest BCUT2D eigenvalue weighted by Crippen LogP contribution is -2.57. The minimum atomic E-state index is 0.302. The van der Waals surface area contributed by atoms with Crippen LogP contribution in [0.1, 0.15) is 59.3 Å². The summed E-state index contributed by atoms with van der Waals surface area (Å²) in [4.78, 5) is 0. The molecule has 4 fully saturated rings. The van der Waals surface area contributed by atoms with Crippen LogP contribution in [0.5, 0.6) is 0 Å². The van der Waals surface area contributed by atoms with Gasteiger partial charge in [-0.1, -0.05) is 0 Å². The molecule has 0 radical (unpaired) electrons. The summed E-state index contributed by atoms with van der Waals surface area (Å²) in [5.41, 5.74) is 0.608. The van der Waals surface area contributed by atoms with Gasteiger partial charge in [0.25, 0.3) is 0 Å². The lowest BCUT2D eigenvalue weighted by Gasteiger charge is -2.59. The number of hydrogen-bond acceptors (Lipinski definition) is 2. The van der Waals surface area contributed by atoms with Gasteiger partial charge >= 0.3 is 0 Å². The van der Waals surface area contributed by atoms with Crippen LogP contribution in [0.15, 0.2) is 0 Å². The highest BCUT2D eigenvalue weighted by molar-refractivity contribution is 5.05. The van der Waals surface area contributed by atoms with Crippen molar-refractivity contribution < 1.29 is 4.74 Å². The van der Waals surface area contributed by atoms with Gasteiger partial charge in [0.1, 0.15) is 0 Å². The molecule has 2 heteroatoms. The molecule has 0 spiro atoms. The number of nitrogens with one attached hydrogen (secondary N) is 1. The summed E-state index contributed by atoms with van der Waals surface area (Å²) in [6, 6.07) is 1.10. The zero-order chi connectivity index (χ0) is 13.6. The fraction of sp³-hybridized carbons (Fsp3) is 1.00. The summed E-state index contributed by atoms with van der Waals surface area (Å²) in [6.45, 7) is 6.88. The number of hydrogen-bond donors (Lipinski definition) is 1. The van der Waals surface area contributed by atoms with E-state index in [-0.39, 0.29) is 0 Å². The summed E-state index contributed by atoms with van der Waals surface area (Å²) in [7, 11) is 1.82. The SMILES string of the molecule is COC(C)C(C)NC(C)C12CC3CC(CC(C3)C1)C2. The Kier molecular flexibility index (Phi) is 3.68. The normalized spacial score (nSPS) is 45.2. The highest BCUT2D eigenvalue weighted by Crippen LogP contribution is 2.61. The van der Waals surface area contributed by atoms with E-state index in [1.165, 1.54) is 38.5 Å². The molecule has 4 aliphatic carbocycles. The van der Waals surface area contributed by atoms with Crippen molar-refractivity contribution in [3.05, 3.63) is 0 Å². The molecule has 2 nitrogen and oxygen atoms in total. The van der Waals surface area contributed by atoms with Crippen LogP contribution < -0.4 is 5.32 Å². The third kappa shape index (κ3) is 2.47. The molecule has 0 heterocycles. The lowest BCUT2D eigenvalue weighted by atomic mass is 9.48. The maximum absolute atomic E-state index is 5.47. The van der Waals surface area contributed by atoms with Gasteiger partial charge in [-0.2, -0.15) is 0 Å². The van der Waals surface area contributed by atoms with Crippen LogP contribution in [0.4, 0.5) is 0 Å². The molecule has 4 rings (SSSR count). The molecule has 0 aromatic rings. The Bertz CT molecular complexity index is 292. The van der Waals surface area contributed by atoms with Crippen LogP contribution >= 0.6 is 0 Å². The molecule has 110 valence electrons. The Morgan fingerprint density at radius 1 is 0.947 bits per heavy atom. The van der Waals surface area contributed by atoms with Gasteiger partial charge in [0, 0.05) is 19.2 Å². The highest BCUT2D eigenvalue weighted by Gasteiger charge is 2.53. The van der Waals surface area contributed by atoms with E-state index in [9.17, 15) is 0 Å². The minimum Gasteiger partial charge on any atom is -0.380 e. The van der Waals surface area contributed by atoms with Crippen molar-refractivity contribution in [2.24, 2.45) is 23.2 Å². The van der Waals surface area contributed by atoms with Gasteiger partial charge in [-0.05, 0) is 82.5 Å². The average molecular weight is 265 g/mol. The number of methoxy groups -OCH3 is 1. The quantitative estimate of drug-likeness (QED) is 0.820. The molecule has 19 heavy (non-hydrogen) atoms. The molecular formula is C17H31NO. The second kappa shape index (κ2) is 5.04. The molecule has 4 aliphatic rings. The zero-order valence-corrected chi connectivity index (χ0v) is 13.1. The molecule has 4 saturated carbocycles. The molecule has 0 amide bonds. The largest absolute Gasteiger partial charge is 0.380 e. The van der Waals surface area contributed by atoms with Crippen LogP contribution in [0.2, 0.25) is 0 Å². The van der Waals surface area contributed by atoms with Crippen molar-refractivity contribution in [3.63, 3.8) is 0 Å². The van der Waals surface area contributed by atoms with Gasteiger partial charge in [-0.25, -0.2) is 0 Å². The predicted molar refractivity (Wildman–Crippen MR) is 79.1 cm³/mol. The van der Waals surface area contributed by atoms with E-state index in [0.29, 0.717) is 23.6 Å². The van der Waals surface area contributed by atoms with Crippen molar-refractivity contribution in [1.82, 2.24) is 5.32 Å². The molecule has 1 N–H and O–H groups in total. The van der Waals surface area contributed by atoms with Gasteiger partial charge in [-0.15, -0.1) is 0 Å². The van der Waals surface area contributed by atoms with Gasteiger partial charge in [0.2, 0.25) is 0 Å². The standard InChI is InChI=1S/C17H31NO/c1-11(12(2)19-4)18-13(3)17-8-14-5-15(9-17)7-16(6-14)10-17/h11-16,18H,5-10H2,1-4H3. The first-order chi connectivity index (χ1) is 9.02. The van der Waals surface area contributed by atoms with Gasteiger partial charge in [0.15, 0.2) is 0 Å². The second-order valence-corrected chi connectivity index (χ2v) is 7.90. The Balaban J connectivity index is 1.67. The van der Waals surface area contributed by atoms with Crippen molar-refractivity contribution in [1.29, 1.82) is 0 Å². The Labute approximate surface area is 118 Å². The van der Waals surface area contributed by atoms with Crippen LogP contribution in [-0.4, -0.2) is 25.3 Å². The molecular weight excluding hydrogens is 234 g/mol. The predicted octanol–water partition coefficient (Wildman–Crippen LogP) is 3.60. The van der Waals surface area contributed by atoms with E-state index in [2.05, 4.69) is 26.1 Å². The van der Waals surface area contributed by atoms with Gasteiger partial charge in [0.05, 0.1) is 6.10 Å². The second-order valence-electron chi connectivity index (χ2n) is 7.90. The Hall–Kier alpha value is -0.0800. The fourth-order valence-corrected chi connectivity index (χ4v) is 5.62. The highest BCUT2D eigenvalue weighted by atomic mass is 16.5. The van der Waals surface area contributed by atoms with E-state index in [1.54, 1.807) is 0 Å². The fourth-order valence-electron chi connectivity index (χ4n) is 5.62. The maximum atomic E-state index is 5.47. The molecule has 4 bridgehead atoms. The van der Waals surface area contributed by atoms with Crippen molar-refractivity contribution in [2.75, 3.05) is 7.11 Å². The van der Waals surface area contributed by atoms with Crippen molar-refractivity contribution in [3.8, 4) is 0 Å². The van der Waals surface area contributed by atoms with E-state index in [4.69, 9.17) is 4.74 Å². The van der Waals surface area contributed by atoms with Crippen molar-refractivity contribution >= 4 is 0 Å². The summed E-state index contributed by atoms with van der Waals surface area (Å²) in [6.07, 6.45) is 9.38. The first kappa shape index (κ1) is 13.9. The van der Waals surface area contributed by atoms with E-state index >= 15 is 0 Å². The summed E-state index contributed by atoms with van der Waals surface area (Å²) < 4.78 is 5.47. The number of rotatable bonds is 5. The smallest absolute Gasteiger partial charge is 0.0693 e. The molecule has 0 aromatic carbocycles. The molecule has 3 unspecified atom stereocenters. The maximum Gasteiger partial charge on any atom is 0.0693 e. The third-order valence-electron chi connectivity index (χ3n) is 6.59. The van der Waals surface area contributed by atoms with E-state index in [0.717, 1.165) is 17.8 Å². The molecule has 0 saturated heterocycles. The topological polar surface area (TPSA) is 21.3 Å². The third-order valence-corrected chi connectivity index (χ3v) is 6.59. The number of ether oxygens (including phenoxy) is 1. The molecule has 0 aromatic heterocycles. The molecule has 0 aliphatic heterocycles. The van der Waals surface area contributed by atoms with Gasteiger partial charge in [-0.3, -0.25) is 0 Å². The van der Waals surface area contributed by atoms with Gasteiger partial charge < -0.3 is 10.1 Å². The monoisotopic (exact) mass is 265 g/mol. The Morgan fingerprint density at radius 3 is 1.84 bits per heavy atom. The lowest BCUT2D eigenvalue weighted by molar-refractivity contribution is -0.0746. The van der Waals surface area contributed by atoms with Crippen LogP contribution in [0.25, 0.3) is 0 Å². The zero-order valence-electron chi connectivity index (χ0n) is 13.1. The van der Waals surface area contributed by atoms with E-state index < -0.39 is 0 Å². The first-order valence-corrected chi connectivity index (χ1v) is 8.31. The van der Waals surface area contributed by atoms with Crippen LogP contribution in [0, 0.1) is 23.2 Å². The van der Waals surface area contributed by atoms with Crippen LogP contribution in [0.3, 0.4) is 0 Å². The summed E-state index contributed by atoms with van der Waals surface area (Å²) >= 11 is 0. The summed E-state index contributed by atoms with van der Waals surface area (Å²) in [5, 5.41) is 3.86. The first-order valence-electron chi connectivity index (χ1n) is 8.31. The molecule has 3 atom stereocenters. The Morgan fingerprint density at radius 2 is 1.42 bits per heavy atom.